The third-order valence-corrected chi connectivity index (χ3v) is 5.92. The highest BCUT2D eigenvalue weighted by Crippen LogP contribution is 2.48. The summed E-state index contributed by atoms with van der Waals surface area (Å²) >= 11 is 1.94. The van der Waals surface area contributed by atoms with E-state index in [2.05, 4.69) is 29.3 Å². The van der Waals surface area contributed by atoms with Gasteiger partial charge in [-0.3, -0.25) is 4.90 Å². The molecule has 1 heterocycles. The Morgan fingerprint density at radius 1 is 1.37 bits per heavy atom. The van der Waals surface area contributed by atoms with Crippen molar-refractivity contribution in [1.82, 2.24) is 4.90 Å². The van der Waals surface area contributed by atoms with Gasteiger partial charge in [-0.05, 0) is 62.1 Å². The number of hydrogen-bond donors (Lipinski definition) is 1. The van der Waals surface area contributed by atoms with Gasteiger partial charge in [0.15, 0.2) is 0 Å². The number of nitrogens with two attached hydrogens (primary N) is 1. The molecule has 1 aromatic heterocycles. The van der Waals surface area contributed by atoms with E-state index in [9.17, 15) is 0 Å². The lowest BCUT2D eigenvalue weighted by atomic mass is 9.98. The zero-order valence-electron chi connectivity index (χ0n) is 11.9. The molecule has 0 aliphatic heterocycles. The van der Waals surface area contributed by atoms with E-state index in [4.69, 9.17) is 5.73 Å². The molecule has 2 saturated carbocycles. The van der Waals surface area contributed by atoms with Crippen LogP contribution in [-0.2, 0) is 0 Å². The van der Waals surface area contributed by atoms with Gasteiger partial charge in [-0.25, -0.2) is 0 Å². The highest BCUT2D eigenvalue weighted by molar-refractivity contribution is 7.10. The quantitative estimate of drug-likeness (QED) is 0.860. The first-order chi connectivity index (χ1) is 9.35. The molecule has 19 heavy (non-hydrogen) atoms. The van der Waals surface area contributed by atoms with Crippen molar-refractivity contribution in [2.75, 3.05) is 13.1 Å². The Hall–Kier alpha value is -0.380. The smallest absolute Gasteiger partial charge is 0.0472 e. The SMILES string of the molecule is CCN(C1CCCC1CN)C(c1cccs1)C1CC1. The monoisotopic (exact) mass is 278 g/mol. The molecular weight excluding hydrogens is 252 g/mol. The van der Waals surface area contributed by atoms with Gasteiger partial charge >= 0.3 is 0 Å². The first-order valence-corrected chi connectivity index (χ1v) is 8.72. The van der Waals surface area contributed by atoms with E-state index >= 15 is 0 Å². The third kappa shape index (κ3) is 2.74. The fourth-order valence-corrected chi connectivity index (χ4v) is 4.84. The highest BCUT2D eigenvalue weighted by Gasteiger charge is 2.41. The van der Waals surface area contributed by atoms with Crippen molar-refractivity contribution in [3.05, 3.63) is 22.4 Å². The largest absolute Gasteiger partial charge is 0.330 e. The average molecular weight is 278 g/mol. The number of thiophene rings is 1. The van der Waals surface area contributed by atoms with E-state index < -0.39 is 0 Å². The molecule has 1 aromatic rings. The van der Waals surface area contributed by atoms with Crippen molar-refractivity contribution < 1.29 is 0 Å². The maximum absolute atomic E-state index is 6.00. The molecule has 2 aliphatic rings. The lowest BCUT2D eigenvalue weighted by molar-refractivity contribution is 0.102. The Bertz CT molecular complexity index is 385. The summed E-state index contributed by atoms with van der Waals surface area (Å²) in [6.07, 6.45) is 6.88. The molecule has 0 bridgehead atoms. The summed E-state index contributed by atoms with van der Waals surface area (Å²) in [5, 5.41) is 2.23. The van der Waals surface area contributed by atoms with Gasteiger partial charge in [0.25, 0.3) is 0 Å². The van der Waals surface area contributed by atoms with Gasteiger partial charge in [0.05, 0.1) is 0 Å². The maximum Gasteiger partial charge on any atom is 0.0472 e. The number of hydrogen-bond acceptors (Lipinski definition) is 3. The van der Waals surface area contributed by atoms with Crippen LogP contribution in [0.15, 0.2) is 17.5 Å². The van der Waals surface area contributed by atoms with Crippen LogP contribution in [-0.4, -0.2) is 24.0 Å². The van der Waals surface area contributed by atoms with Gasteiger partial charge in [-0.1, -0.05) is 19.4 Å². The Kier molecular flexibility index (Phi) is 4.25. The lowest BCUT2D eigenvalue weighted by Crippen LogP contribution is -2.43. The van der Waals surface area contributed by atoms with Crippen LogP contribution in [0.4, 0.5) is 0 Å². The molecule has 2 aliphatic carbocycles. The summed E-state index contributed by atoms with van der Waals surface area (Å²) in [6.45, 7) is 4.36. The normalized spacial score (nSPS) is 29.0. The number of nitrogens with zero attached hydrogens (tertiary/aromatic N) is 1. The molecule has 0 spiro atoms. The van der Waals surface area contributed by atoms with Crippen molar-refractivity contribution in [1.29, 1.82) is 0 Å². The molecule has 3 rings (SSSR count). The minimum atomic E-state index is 0.669. The van der Waals surface area contributed by atoms with Crippen LogP contribution in [0.25, 0.3) is 0 Å². The standard InChI is InChI=1S/C16H26N2S/c1-2-18(14-6-3-5-13(14)11-17)16(12-8-9-12)15-7-4-10-19-15/h4,7,10,12-14,16H,2-3,5-6,8-9,11,17H2,1H3. The molecule has 2 nitrogen and oxygen atoms in total. The van der Waals surface area contributed by atoms with Crippen LogP contribution in [0.3, 0.4) is 0 Å². The van der Waals surface area contributed by atoms with Gasteiger partial charge in [0, 0.05) is 17.0 Å². The molecule has 0 radical (unpaired) electrons. The molecular formula is C16H26N2S. The van der Waals surface area contributed by atoms with Crippen LogP contribution >= 0.6 is 11.3 Å². The Morgan fingerprint density at radius 2 is 2.21 bits per heavy atom. The summed E-state index contributed by atoms with van der Waals surface area (Å²) in [6, 6.07) is 5.94. The minimum Gasteiger partial charge on any atom is -0.330 e. The Balaban J connectivity index is 1.82. The Labute approximate surface area is 121 Å². The molecule has 3 unspecified atom stereocenters. The fourth-order valence-electron chi connectivity index (χ4n) is 3.90. The maximum atomic E-state index is 6.00. The molecule has 2 fully saturated rings. The van der Waals surface area contributed by atoms with Crippen molar-refractivity contribution in [3.63, 3.8) is 0 Å². The second kappa shape index (κ2) is 5.94. The predicted molar refractivity (Wildman–Crippen MR) is 82.3 cm³/mol. The molecule has 3 heteroatoms. The zero-order chi connectivity index (χ0) is 13.2. The first kappa shape index (κ1) is 13.6. The summed E-state index contributed by atoms with van der Waals surface area (Å²) in [4.78, 5) is 4.36. The third-order valence-electron chi connectivity index (χ3n) is 4.97. The summed E-state index contributed by atoms with van der Waals surface area (Å²) in [5.41, 5.74) is 6.00. The summed E-state index contributed by atoms with van der Waals surface area (Å²) in [5.74, 6) is 1.62. The topological polar surface area (TPSA) is 29.3 Å². The van der Waals surface area contributed by atoms with Crippen molar-refractivity contribution in [3.8, 4) is 0 Å². The van der Waals surface area contributed by atoms with Crippen molar-refractivity contribution in [2.45, 2.75) is 51.1 Å². The van der Waals surface area contributed by atoms with Crippen LogP contribution < -0.4 is 5.73 Å². The van der Waals surface area contributed by atoms with Crippen LogP contribution in [0, 0.1) is 11.8 Å². The zero-order valence-corrected chi connectivity index (χ0v) is 12.7. The second-order valence-electron chi connectivity index (χ2n) is 6.12. The number of rotatable bonds is 6. The molecule has 0 amide bonds. The van der Waals surface area contributed by atoms with E-state index in [0.29, 0.717) is 6.04 Å². The minimum absolute atomic E-state index is 0.669. The predicted octanol–water partition coefficient (Wildman–Crippen LogP) is 3.65. The van der Waals surface area contributed by atoms with Crippen molar-refractivity contribution in [2.24, 2.45) is 17.6 Å². The van der Waals surface area contributed by atoms with Gasteiger partial charge in [-0.2, -0.15) is 0 Å². The van der Waals surface area contributed by atoms with E-state index in [0.717, 1.165) is 24.4 Å². The van der Waals surface area contributed by atoms with E-state index in [-0.39, 0.29) is 0 Å². The molecule has 3 atom stereocenters. The molecule has 0 aromatic carbocycles. The molecule has 2 N–H and O–H groups in total. The molecule has 0 saturated heterocycles. The van der Waals surface area contributed by atoms with Crippen LogP contribution in [0.5, 0.6) is 0 Å². The second-order valence-corrected chi connectivity index (χ2v) is 7.10. The summed E-state index contributed by atoms with van der Waals surface area (Å²) < 4.78 is 0. The van der Waals surface area contributed by atoms with E-state index in [1.807, 2.05) is 11.3 Å². The van der Waals surface area contributed by atoms with Crippen LogP contribution in [0.1, 0.15) is 49.9 Å². The highest BCUT2D eigenvalue weighted by atomic mass is 32.1. The molecule has 106 valence electrons. The van der Waals surface area contributed by atoms with Crippen molar-refractivity contribution >= 4 is 11.3 Å². The van der Waals surface area contributed by atoms with E-state index in [1.165, 1.54) is 38.6 Å². The lowest BCUT2D eigenvalue weighted by Gasteiger charge is -2.38. The summed E-state index contributed by atoms with van der Waals surface area (Å²) in [7, 11) is 0. The first-order valence-electron chi connectivity index (χ1n) is 7.84. The van der Waals surface area contributed by atoms with Gasteiger partial charge in [0.1, 0.15) is 0 Å². The van der Waals surface area contributed by atoms with Gasteiger partial charge < -0.3 is 5.73 Å². The Morgan fingerprint density at radius 3 is 2.79 bits per heavy atom. The van der Waals surface area contributed by atoms with E-state index in [1.54, 1.807) is 4.88 Å². The fraction of sp³-hybridized carbons (Fsp3) is 0.750. The van der Waals surface area contributed by atoms with Crippen LogP contribution in [0.2, 0.25) is 0 Å². The van der Waals surface area contributed by atoms with Gasteiger partial charge in [-0.15, -0.1) is 11.3 Å². The van der Waals surface area contributed by atoms with Gasteiger partial charge in [0.2, 0.25) is 0 Å². The average Bonchev–Trinajstić information content (AvgIpc) is 2.94.